The van der Waals surface area contributed by atoms with Crippen LogP contribution >= 0.6 is 11.3 Å². The van der Waals surface area contributed by atoms with E-state index in [1.54, 1.807) is 4.90 Å². The van der Waals surface area contributed by atoms with E-state index in [-0.39, 0.29) is 0 Å². The lowest BCUT2D eigenvalue weighted by Gasteiger charge is -2.22. The number of quaternary nitrogens is 1. The molecule has 1 aromatic rings. The van der Waals surface area contributed by atoms with Crippen LogP contribution in [0.15, 0.2) is 0 Å². The maximum Gasteiger partial charge on any atom is 0.203 e. The van der Waals surface area contributed by atoms with Crippen LogP contribution < -0.4 is 10.6 Å². The molecule has 1 fully saturated rings. The minimum absolute atomic E-state index is 0.591. The normalized spacial score (nSPS) is 18.6. The minimum atomic E-state index is 0.591. The van der Waals surface area contributed by atoms with Gasteiger partial charge in [-0.1, -0.05) is 11.3 Å². The maximum atomic E-state index is 5.53. The van der Waals surface area contributed by atoms with Gasteiger partial charge in [-0.25, -0.2) is 0 Å². The Hall–Kier alpha value is -0.680. The van der Waals surface area contributed by atoms with Crippen LogP contribution in [-0.2, 0) is 6.42 Å². The highest BCUT2D eigenvalue weighted by Gasteiger charge is 2.13. The molecule has 0 unspecified atom stereocenters. The topological polar surface area (TPSA) is 56.2 Å². The van der Waals surface area contributed by atoms with E-state index in [9.17, 15) is 0 Å². The van der Waals surface area contributed by atoms with Crippen LogP contribution in [0.3, 0.4) is 0 Å². The van der Waals surface area contributed by atoms with E-state index >= 15 is 0 Å². The third-order valence-corrected chi connectivity index (χ3v) is 3.55. The molecule has 1 saturated heterocycles. The van der Waals surface area contributed by atoms with Crippen LogP contribution in [0.2, 0.25) is 0 Å². The number of piperidine rings is 1. The predicted molar refractivity (Wildman–Crippen MR) is 57.4 cm³/mol. The number of nitrogens with two attached hydrogens (primary N) is 1. The molecule has 0 aromatic carbocycles. The summed E-state index contributed by atoms with van der Waals surface area (Å²) in [5, 5.41) is 9.52. The first-order chi connectivity index (χ1) is 6.84. The minimum Gasteiger partial charge on any atom is -0.374 e. The number of likely N-dealkylation sites (tertiary alicyclic amines) is 1. The van der Waals surface area contributed by atoms with Crippen LogP contribution in [0, 0.1) is 0 Å². The number of nitrogens with zero attached hydrogens (tertiary/aromatic N) is 2. The Morgan fingerprint density at radius 1 is 1.21 bits per heavy atom. The van der Waals surface area contributed by atoms with Gasteiger partial charge in [0.05, 0.1) is 26.1 Å². The van der Waals surface area contributed by atoms with Gasteiger partial charge in [-0.15, -0.1) is 10.2 Å². The van der Waals surface area contributed by atoms with Crippen molar-refractivity contribution in [1.29, 1.82) is 0 Å². The molecule has 0 atom stereocenters. The Bertz CT molecular complexity index is 280. The number of anilines is 1. The second-order valence-electron chi connectivity index (χ2n) is 3.84. The molecule has 1 aromatic heterocycles. The van der Waals surface area contributed by atoms with E-state index in [2.05, 4.69) is 10.2 Å². The van der Waals surface area contributed by atoms with E-state index < -0.39 is 0 Å². The Morgan fingerprint density at radius 3 is 2.64 bits per heavy atom. The number of hydrogen-bond acceptors (Lipinski definition) is 4. The van der Waals surface area contributed by atoms with E-state index in [0.717, 1.165) is 11.4 Å². The molecule has 2 rings (SSSR count). The molecular formula is C9H17N4S+. The van der Waals surface area contributed by atoms with Crippen molar-refractivity contribution < 1.29 is 4.90 Å². The molecule has 4 nitrogen and oxygen atoms in total. The highest BCUT2D eigenvalue weighted by molar-refractivity contribution is 7.15. The summed E-state index contributed by atoms with van der Waals surface area (Å²) >= 11 is 1.52. The number of nitrogens with one attached hydrogen (secondary N) is 1. The molecule has 1 aliphatic rings. The number of hydrogen-bond donors (Lipinski definition) is 2. The average molecular weight is 213 g/mol. The molecule has 14 heavy (non-hydrogen) atoms. The van der Waals surface area contributed by atoms with Gasteiger partial charge in [0, 0.05) is 0 Å². The standard InChI is InChI=1S/C9H16N4S/c10-9-12-11-8(14-9)4-7-13-5-2-1-3-6-13/h1-7H2,(H2,10,12)/p+1. The number of nitrogen functional groups attached to an aromatic ring is 1. The van der Waals surface area contributed by atoms with Crippen molar-refractivity contribution in [2.75, 3.05) is 25.4 Å². The fourth-order valence-corrected chi connectivity index (χ4v) is 2.56. The lowest BCUT2D eigenvalue weighted by Crippen LogP contribution is -3.13. The highest BCUT2D eigenvalue weighted by Crippen LogP contribution is 2.10. The molecule has 1 aliphatic heterocycles. The van der Waals surface area contributed by atoms with Crippen molar-refractivity contribution in [2.45, 2.75) is 25.7 Å². The van der Waals surface area contributed by atoms with Crippen LogP contribution in [-0.4, -0.2) is 29.8 Å². The summed E-state index contributed by atoms with van der Waals surface area (Å²) in [6.45, 7) is 3.84. The van der Waals surface area contributed by atoms with E-state index in [4.69, 9.17) is 5.73 Å². The smallest absolute Gasteiger partial charge is 0.203 e. The van der Waals surface area contributed by atoms with Crippen molar-refractivity contribution >= 4 is 16.5 Å². The molecule has 5 heteroatoms. The summed E-state index contributed by atoms with van der Waals surface area (Å²) in [7, 11) is 0. The van der Waals surface area contributed by atoms with Gasteiger partial charge in [0.1, 0.15) is 5.01 Å². The van der Waals surface area contributed by atoms with Crippen LogP contribution in [0.5, 0.6) is 0 Å². The maximum absolute atomic E-state index is 5.53. The third-order valence-electron chi connectivity index (χ3n) is 2.74. The Morgan fingerprint density at radius 2 is 2.00 bits per heavy atom. The molecule has 0 radical (unpaired) electrons. The first kappa shape index (κ1) is 9.86. The van der Waals surface area contributed by atoms with Gasteiger partial charge < -0.3 is 10.6 Å². The van der Waals surface area contributed by atoms with Crippen molar-refractivity contribution in [1.82, 2.24) is 10.2 Å². The second-order valence-corrected chi connectivity index (χ2v) is 4.94. The third kappa shape index (κ3) is 2.65. The Labute approximate surface area is 88.1 Å². The molecule has 3 N–H and O–H groups in total. The Kier molecular flexibility index (Phi) is 3.31. The average Bonchev–Trinajstić information content (AvgIpc) is 2.63. The largest absolute Gasteiger partial charge is 0.374 e. The first-order valence-corrected chi connectivity index (χ1v) is 6.07. The van der Waals surface area contributed by atoms with Crippen molar-refractivity contribution in [3.05, 3.63) is 5.01 Å². The van der Waals surface area contributed by atoms with Gasteiger partial charge in [0.25, 0.3) is 0 Å². The fraction of sp³-hybridized carbons (Fsp3) is 0.778. The zero-order valence-electron chi connectivity index (χ0n) is 8.33. The second kappa shape index (κ2) is 4.70. The fourth-order valence-electron chi connectivity index (χ4n) is 1.95. The zero-order chi connectivity index (χ0) is 9.80. The summed E-state index contributed by atoms with van der Waals surface area (Å²) in [5.41, 5.74) is 5.53. The quantitative estimate of drug-likeness (QED) is 0.727. The van der Waals surface area contributed by atoms with Gasteiger partial charge in [-0.05, 0) is 19.3 Å². The first-order valence-electron chi connectivity index (χ1n) is 5.26. The Balaban J connectivity index is 1.76. The van der Waals surface area contributed by atoms with Crippen molar-refractivity contribution in [2.24, 2.45) is 0 Å². The summed E-state index contributed by atoms with van der Waals surface area (Å²) in [4.78, 5) is 1.71. The highest BCUT2D eigenvalue weighted by atomic mass is 32.1. The number of aromatic nitrogens is 2. The van der Waals surface area contributed by atoms with E-state index in [0.29, 0.717) is 5.13 Å². The lowest BCUT2D eigenvalue weighted by atomic mass is 10.1. The summed E-state index contributed by atoms with van der Waals surface area (Å²) in [6.07, 6.45) is 5.21. The molecule has 2 heterocycles. The molecular weight excluding hydrogens is 196 g/mol. The molecule has 0 bridgehead atoms. The van der Waals surface area contributed by atoms with Crippen LogP contribution in [0.4, 0.5) is 5.13 Å². The molecule has 0 aliphatic carbocycles. The SMILES string of the molecule is Nc1nnc(CC[NH+]2CCCCC2)s1. The molecule has 0 saturated carbocycles. The monoisotopic (exact) mass is 213 g/mol. The van der Waals surface area contributed by atoms with Gasteiger partial charge in [0.15, 0.2) is 0 Å². The van der Waals surface area contributed by atoms with Crippen LogP contribution in [0.1, 0.15) is 24.3 Å². The molecule has 0 spiro atoms. The van der Waals surface area contributed by atoms with E-state index in [1.165, 1.54) is 50.2 Å². The van der Waals surface area contributed by atoms with Gasteiger partial charge in [-0.3, -0.25) is 0 Å². The number of rotatable bonds is 3. The molecule has 78 valence electrons. The van der Waals surface area contributed by atoms with Crippen molar-refractivity contribution in [3.63, 3.8) is 0 Å². The van der Waals surface area contributed by atoms with E-state index in [1.807, 2.05) is 0 Å². The molecule has 0 amide bonds. The van der Waals surface area contributed by atoms with Crippen molar-refractivity contribution in [3.8, 4) is 0 Å². The van der Waals surface area contributed by atoms with Crippen LogP contribution in [0.25, 0.3) is 0 Å². The van der Waals surface area contributed by atoms with Gasteiger partial charge >= 0.3 is 0 Å². The summed E-state index contributed by atoms with van der Waals surface area (Å²) < 4.78 is 0. The zero-order valence-corrected chi connectivity index (χ0v) is 9.15. The van der Waals surface area contributed by atoms with Gasteiger partial charge in [-0.2, -0.15) is 0 Å². The summed E-state index contributed by atoms with van der Waals surface area (Å²) in [6, 6.07) is 0. The predicted octanol–water partition coefficient (Wildman–Crippen LogP) is -0.268. The lowest BCUT2D eigenvalue weighted by molar-refractivity contribution is -0.904. The van der Waals surface area contributed by atoms with Gasteiger partial charge in [0.2, 0.25) is 5.13 Å². The summed E-state index contributed by atoms with van der Waals surface area (Å²) in [5.74, 6) is 0.